The summed E-state index contributed by atoms with van der Waals surface area (Å²) in [5.41, 5.74) is -0.436. The summed E-state index contributed by atoms with van der Waals surface area (Å²) < 4.78 is 18.0. The number of esters is 1. The highest BCUT2D eigenvalue weighted by Gasteiger charge is 2.26. The molecule has 0 aliphatic rings. The molecule has 18 heavy (non-hydrogen) atoms. The number of rotatable bonds is 5. The lowest BCUT2D eigenvalue weighted by molar-refractivity contribution is -0.147. The van der Waals surface area contributed by atoms with E-state index in [1.807, 2.05) is 0 Å². The van der Waals surface area contributed by atoms with Crippen molar-refractivity contribution in [2.45, 2.75) is 25.6 Å². The highest BCUT2D eigenvalue weighted by molar-refractivity contribution is 5.70. The minimum Gasteiger partial charge on any atom is -0.507 e. The van der Waals surface area contributed by atoms with E-state index < -0.39 is 41.7 Å². The first-order valence-electron chi connectivity index (χ1n) is 5.46. The van der Waals surface area contributed by atoms with Crippen LogP contribution in [0.3, 0.4) is 0 Å². The van der Waals surface area contributed by atoms with Crippen LogP contribution < -0.4 is 0 Å². The molecule has 0 bridgehead atoms. The molecule has 0 heterocycles. The number of aliphatic hydroxyl groups is 2. The van der Waals surface area contributed by atoms with E-state index in [1.165, 1.54) is 12.1 Å². The number of benzene rings is 1. The molecule has 5 nitrogen and oxygen atoms in total. The second-order valence-corrected chi connectivity index (χ2v) is 3.69. The third-order valence-electron chi connectivity index (χ3n) is 2.37. The van der Waals surface area contributed by atoms with Gasteiger partial charge in [-0.2, -0.15) is 0 Å². The summed E-state index contributed by atoms with van der Waals surface area (Å²) in [5.74, 6) is -2.05. The lowest BCUT2D eigenvalue weighted by Gasteiger charge is -2.18. The zero-order chi connectivity index (χ0) is 13.7. The molecule has 2 atom stereocenters. The molecular weight excluding hydrogens is 243 g/mol. The Hall–Kier alpha value is -1.66. The average Bonchev–Trinajstić information content (AvgIpc) is 2.28. The molecule has 0 saturated carbocycles. The predicted octanol–water partition coefficient (Wildman–Crippen LogP) is 0.879. The molecule has 3 N–H and O–H groups in total. The van der Waals surface area contributed by atoms with Crippen molar-refractivity contribution in [2.75, 3.05) is 6.61 Å². The van der Waals surface area contributed by atoms with Gasteiger partial charge in [-0.05, 0) is 19.1 Å². The van der Waals surface area contributed by atoms with E-state index in [2.05, 4.69) is 4.74 Å². The number of carbonyl (C=O) groups excluding carboxylic acids is 1. The van der Waals surface area contributed by atoms with Crippen LogP contribution in [0.4, 0.5) is 4.39 Å². The summed E-state index contributed by atoms with van der Waals surface area (Å²) in [6.45, 7) is 1.75. The minimum absolute atomic E-state index is 0.145. The van der Waals surface area contributed by atoms with Gasteiger partial charge in [0, 0.05) is 0 Å². The molecule has 100 valence electrons. The quantitative estimate of drug-likeness (QED) is 0.682. The van der Waals surface area contributed by atoms with Crippen LogP contribution in [-0.2, 0) is 9.53 Å². The van der Waals surface area contributed by atoms with Crippen molar-refractivity contribution in [1.82, 2.24) is 0 Å². The molecule has 0 fully saturated rings. The monoisotopic (exact) mass is 258 g/mol. The zero-order valence-electron chi connectivity index (χ0n) is 9.84. The van der Waals surface area contributed by atoms with Crippen LogP contribution in [0.1, 0.15) is 25.0 Å². The maximum Gasteiger partial charge on any atom is 0.308 e. The topological polar surface area (TPSA) is 87.0 Å². The van der Waals surface area contributed by atoms with E-state index in [0.29, 0.717) is 0 Å². The van der Waals surface area contributed by atoms with Crippen molar-refractivity contribution in [3.05, 3.63) is 29.6 Å². The van der Waals surface area contributed by atoms with E-state index in [9.17, 15) is 24.5 Å². The van der Waals surface area contributed by atoms with E-state index in [1.54, 1.807) is 6.92 Å². The average molecular weight is 258 g/mol. The Morgan fingerprint density at radius 3 is 2.67 bits per heavy atom. The SMILES string of the molecule is CCOC(=O)CC(O)C(O)c1c(O)cccc1F. The van der Waals surface area contributed by atoms with Gasteiger partial charge in [0.15, 0.2) is 0 Å². The fourth-order valence-electron chi connectivity index (χ4n) is 1.51. The molecule has 1 rings (SSSR count). The molecule has 6 heteroatoms. The van der Waals surface area contributed by atoms with Gasteiger partial charge in [0.2, 0.25) is 0 Å². The number of hydrogen-bond acceptors (Lipinski definition) is 5. The van der Waals surface area contributed by atoms with Gasteiger partial charge in [-0.15, -0.1) is 0 Å². The molecule has 0 radical (unpaired) electrons. The number of halogens is 1. The van der Waals surface area contributed by atoms with Crippen LogP contribution in [0.25, 0.3) is 0 Å². The lowest BCUT2D eigenvalue weighted by Crippen LogP contribution is -2.24. The van der Waals surface area contributed by atoms with Crippen LogP contribution in [0, 0.1) is 5.82 Å². The van der Waals surface area contributed by atoms with Gasteiger partial charge in [0.25, 0.3) is 0 Å². The lowest BCUT2D eigenvalue weighted by atomic mass is 10.0. The molecule has 0 spiro atoms. The number of aliphatic hydroxyl groups excluding tert-OH is 2. The highest BCUT2D eigenvalue weighted by atomic mass is 19.1. The standard InChI is InChI=1S/C12H15FO5/c1-2-18-10(16)6-9(15)12(17)11-7(13)4-3-5-8(11)14/h3-5,9,12,14-15,17H,2,6H2,1H3. The maximum atomic E-state index is 13.4. The Bertz CT molecular complexity index is 401. The van der Waals surface area contributed by atoms with Crippen molar-refractivity contribution < 1.29 is 29.2 Å². The summed E-state index contributed by atoms with van der Waals surface area (Å²) in [5, 5.41) is 28.7. The summed E-state index contributed by atoms with van der Waals surface area (Å²) >= 11 is 0. The van der Waals surface area contributed by atoms with E-state index in [0.717, 1.165) is 6.07 Å². The Kier molecular flexibility index (Phi) is 5.06. The van der Waals surface area contributed by atoms with Crippen molar-refractivity contribution in [3.8, 4) is 5.75 Å². The van der Waals surface area contributed by atoms with Gasteiger partial charge in [0.1, 0.15) is 17.7 Å². The van der Waals surface area contributed by atoms with Crippen molar-refractivity contribution in [2.24, 2.45) is 0 Å². The number of carbonyl (C=O) groups is 1. The summed E-state index contributed by atoms with van der Waals surface area (Å²) in [7, 11) is 0. The first kappa shape index (κ1) is 14.4. The molecule has 1 aromatic carbocycles. The number of hydrogen-bond donors (Lipinski definition) is 3. The predicted molar refractivity (Wildman–Crippen MR) is 60.3 cm³/mol. The Morgan fingerprint density at radius 2 is 2.11 bits per heavy atom. The highest BCUT2D eigenvalue weighted by Crippen LogP contribution is 2.29. The second kappa shape index (κ2) is 6.32. The maximum absolute atomic E-state index is 13.4. The molecule has 2 unspecified atom stereocenters. The van der Waals surface area contributed by atoms with E-state index in [-0.39, 0.29) is 6.61 Å². The van der Waals surface area contributed by atoms with Gasteiger partial charge in [-0.25, -0.2) is 4.39 Å². The Labute approximate surface area is 103 Å². The normalized spacial score (nSPS) is 14.0. The summed E-state index contributed by atoms with van der Waals surface area (Å²) in [6, 6.07) is 3.48. The van der Waals surface area contributed by atoms with Gasteiger partial charge >= 0.3 is 5.97 Å². The number of phenols is 1. The smallest absolute Gasteiger partial charge is 0.308 e. The van der Waals surface area contributed by atoms with Gasteiger partial charge in [-0.3, -0.25) is 4.79 Å². The molecule has 0 amide bonds. The Balaban J connectivity index is 2.80. The number of phenolic OH excluding ortho intramolecular Hbond substituents is 1. The van der Waals surface area contributed by atoms with Crippen LogP contribution in [0.5, 0.6) is 5.75 Å². The summed E-state index contributed by atoms with van der Waals surface area (Å²) in [6.07, 6.45) is -3.73. The van der Waals surface area contributed by atoms with Gasteiger partial charge in [0.05, 0.1) is 24.7 Å². The molecule has 0 saturated heterocycles. The van der Waals surface area contributed by atoms with Crippen molar-refractivity contribution >= 4 is 5.97 Å². The third-order valence-corrected chi connectivity index (χ3v) is 2.37. The number of ether oxygens (including phenoxy) is 1. The van der Waals surface area contributed by atoms with Crippen molar-refractivity contribution in [3.63, 3.8) is 0 Å². The van der Waals surface area contributed by atoms with Crippen LogP contribution >= 0.6 is 0 Å². The van der Waals surface area contributed by atoms with E-state index >= 15 is 0 Å². The molecule has 0 aliphatic heterocycles. The molecule has 1 aromatic rings. The van der Waals surface area contributed by atoms with Gasteiger partial charge in [-0.1, -0.05) is 6.07 Å². The largest absolute Gasteiger partial charge is 0.507 e. The Morgan fingerprint density at radius 1 is 1.44 bits per heavy atom. The third kappa shape index (κ3) is 3.41. The van der Waals surface area contributed by atoms with Crippen LogP contribution in [0.2, 0.25) is 0 Å². The first-order chi connectivity index (χ1) is 8.47. The molecule has 0 aliphatic carbocycles. The number of aromatic hydroxyl groups is 1. The zero-order valence-corrected chi connectivity index (χ0v) is 9.84. The minimum atomic E-state index is -1.70. The second-order valence-electron chi connectivity index (χ2n) is 3.69. The van der Waals surface area contributed by atoms with Crippen molar-refractivity contribution in [1.29, 1.82) is 0 Å². The fourth-order valence-corrected chi connectivity index (χ4v) is 1.51. The molecular formula is C12H15FO5. The first-order valence-corrected chi connectivity index (χ1v) is 5.46. The van der Waals surface area contributed by atoms with E-state index in [4.69, 9.17) is 0 Å². The van der Waals surface area contributed by atoms with Gasteiger partial charge < -0.3 is 20.1 Å². The molecule has 0 aromatic heterocycles. The van der Waals surface area contributed by atoms with Crippen LogP contribution in [-0.4, -0.2) is 34.0 Å². The van der Waals surface area contributed by atoms with Crippen LogP contribution in [0.15, 0.2) is 18.2 Å². The summed E-state index contributed by atoms with van der Waals surface area (Å²) in [4.78, 5) is 11.1. The fraction of sp³-hybridized carbons (Fsp3) is 0.417.